The molecule has 20 heavy (non-hydrogen) atoms. The highest BCUT2D eigenvalue weighted by molar-refractivity contribution is 5.95. The van der Waals surface area contributed by atoms with Gasteiger partial charge in [-0.3, -0.25) is 0 Å². The summed E-state index contributed by atoms with van der Waals surface area (Å²) in [7, 11) is 1.30. The van der Waals surface area contributed by atoms with Gasteiger partial charge in [-0.25, -0.2) is 14.8 Å². The third-order valence-corrected chi connectivity index (χ3v) is 2.67. The molecule has 0 amide bonds. The van der Waals surface area contributed by atoms with E-state index < -0.39 is 5.97 Å². The number of ether oxygens (including phenoxy) is 1. The molecule has 0 aliphatic rings. The largest absolute Gasteiger partial charge is 0.465 e. The molecule has 3 N–H and O–H groups in total. The molecular formula is C13H16N4O3. The van der Waals surface area contributed by atoms with Gasteiger partial charge in [-0.2, -0.15) is 0 Å². The zero-order chi connectivity index (χ0) is 14.5. The number of esters is 1. The monoisotopic (exact) mass is 276 g/mol. The van der Waals surface area contributed by atoms with Crippen LogP contribution < -0.4 is 11.1 Å². The molecule has 0 unspecified atom stereocenters. The first-order valence-corrected chi connectivity index (χ1v) is 6.15. The van der Waals surface area contributed by atoms with Crippen molar-refractivity contribution in [2.24, 2.45) is 0 Å². The fourth-order valence-corrected chi connectivity index (χ4v) is 1.64. The lowest BCUT2D eigenvalue weighted by molar-refractivity contribution is 0.0601. The van der Waals surface area contributed by atoms with Crippen LogP contribution in [0.3, 0.4) is 0 Å². The van der Waals surface area contributed by atoms with Crippen molar-refractivity contribution in [3.8, 4) is 0 Å². The van der Waals surface area contributed by atoms with E-state index in [1.807, 2.05) is 6.92 Å². The third kappa shape index (κ3) is 3.05. The Morgan fingerprint density at radius 2 is 2.25 bits per heavy atom. The maximum absolute atomic E-state index is 11.7. The number of carbonyl (C=O) groups excluding carboxylic acids is 1. The van der Waals surface area contributed by atoms with Crippen LogP contribution in [0.5, 0.6) is 0 Å². The van der Waals surface area contributed by atoms with Crippen LogP contribution in [0.2, 0.25) is 0 Å². The summed E-state index contributed by atoms with van der Waals surface area (Å²) in [5.41, 5.74) is 6.28. The van der Waals surface area contributed by atoms with Crippen LogP contribution in [-0.4, -0.2) is 23.0 Å². The Kier molecular flexibility index (Phi) is 4.19. The van der Waals surface area contributed by atoms with Crippen molar-refractivity contribution < 1.29 is 13.9 Å². The van der Waals surface area contributed by atoms with Gasteiger partial charge in [0.2, 0.25) is 5.89 Å². The highest BCUT2D eigenvalue weighted by Crippen LogP contribution is 2.17. The van der Waals surface area contributed by atoms with E-state index in [-0.39, 0.29) is 5.56 Å². The van der Waals surface area contributed by atoms with Crippen LogP contribution >= 0.6 is 0 Å². The van der Waals surface area contributed by atoms with Crippen molar-refractivity contribution in [2.45, 2.75) is 19.9 Å². The van der Waals surface area contributed by atoms with E-state index in [0.29, 0.717) is 23.9 Å². The number of hydrogen-bond acceptors (Lipinski definition) is 7. The van der Waals surface area contributed by atoms with Crippen molar-refractivity contribution in [1.82, 2.24) is 9.97 Å². The second-order valence-corrected chi connectivity index (χ2v) is 4.08. The van der Waals surface area contributed by atoms with Crippen LogP contribution in [0, 0.1) is 0 Å². The molecule has 0 saturated heterocycles. The molecule has 2 heterocycles. The van der Waals surface area contributed by atoms with Crippen molar-refractivity contribution >= 4 is 17.5 Å². The molecule has 0 atom stereocenters. The summed E-state index contributed by atoms with van der Waals surface area (Å²) in [4.78, 5) is 19.9. The summed E-state index contributed by atoms with van der Waals surface area (Å²) in [6, 6.07) is 1.51. The Labute approximate surface area is 116 Å². The fraction of sp³-hybridized carbons (Fsp3) is 0.308. The highest BCUT2D eigenvalue weighted by atomic mass is 16.5. The molecule has 0 bridgehead atoms. The van der Waals surface area contributed by atoms with E-state index in [1.165, 1.54) is 19.4 Å². The van der Waals surface area contributed by atoms with Gasteiger partial charge in [0, 0.05) is 6.42 Å². The van der Waals surface area contributed by atoms with Crippen LogP contribution in [0.25, 0.3) is 0 Å². The number of pyridine rings is 1. The van der Waals surface area contributed by atoms with Crippen molar-refractivity contribution in [3.63, 3.8) is 0 Å². The average Bonchev–Trinajstić information content (AvgIpc) is 2.93. The first kappa shape index (κ1) is 13.9. The Bertz CT molecular complexity index is 609. The molecule has 7 nitrogen and oxygen atoms in total. The molecule has 106 valence electrons. The number of aromatic nitrogens is 2. The fourth-order valence-electron chi connectivity index (χ4n) is 1.64. The van der Waals surface area contributed by atoms with Gasteiger partial charge in [-0.1, -0.05) is 6.92 Å². The number of hydrogen-bond donors (Lipinski definition) is 2. The van der Waals surface area contributed by atoms with Crippen molar-refractivity contribution in [3.05, 3.63) is 35.7 Å². The molecule has 0 radical (unpaired) electrons. The predicted octanol–water partition coefficient (Wildman–Crippen LogP) is 1.61. The molecule has 2 aromatic heterocycles. The predicted molar refractivity (Wildman–Crippen MR) is 73.2 cm³/mol. The lowest BCUT2D eigenvalue weighted by Gasteiger charge is -2.08. The van der Waals surface area contributed by atoms with Gasteiger partial charge >= 0.3 is 5.97 Å². The number of rotatable bonds is 5. The van der Waals surface area contributed by atoms with Gasteiger partial charge in [-0.15, -0.1) is 0 Å². The van der Waals surface area contributed by atoms with E-state index >= 15 is 0 Å². The number of nitrogens with two attached hydrogens (primary N) is 1. The Hall–Kier alpha value is -2.57. The minimum atomic E-state index is -0.506. The lowest BCUT2D eigenvalue weighted by atomic mass is 10.2. The summed E-state index contributed by atoms with van der Waals surface area (Å²) in [6.07, 6.45) is 3.91. The summed E-state index contributed by atoms with van der Waals surface area (Å²) < 4.78 is 10.2. The number of anilines is 2. The van der Waals surface area contributed by atoms with E-state index in [4.69, 9.17) is 14.9 Å². The molecule has 0 saturated carbocycles. The molecule has 0 aliphatic heterocycles. The number of nitrogen functional groups attached to an aromatic ring is 1. The van der Waals surface area contributed by atoms with Gasteiger partial charge in [0.05, 0.1) is 31.7 Å². The number of nitrogens with zero attached hydrogens (tertiary/aromatic N) is 2. The Balaban J connectivity index is 2.14. The average molecular weight is 276 g/mol. The molecule has 0 aromatic carbocycles. The van der Waals surface area contributed by atoms with Gasteiger partial charge in [0.25, 0.3) is 0 Å². The number of oxazole rings is 1. The molecule has 0 fully saturated rings. The Morgan fingerprint density at radius 1 is 1.45 bits per heavy atom. The smallest absolute Gasteiger partial charge is 0.341 e. The quantitative estimate of drug-likeness (QED) is 0.799. The minimum Gasteiger partial charge on any atom is -0.465 e. The summed E-state index contributed by atoms with van der Waals surface area (Å²) in [6.45, 7) is 2.30. The molecular weight excluding hydrogens is 260 g/mol. The number of nitrogens with one attached hydrogen (secondary N) is 1. The van der Waals surface area contributed by atoms with E-state index in [0.717, 1.165) is 12.2 Å². The normalized spacial score (nSPS) is 10.3. The van der Waals surface area contributed by atoms with Crippen molar-refractivity contribution in [1.29, 1.82) is 0 Å². The highest BCUT2D eigenvalue weighted by Gasteiger charge is 2.14. The lowest BCUT2D eigenvalue weighted by Crippen LogP contribution is -2.11. The third-order valence-electron chi connectivity index (χ3n) is 2.67. The summed E-state index contributed by atoms with van der Waals surface area (Å²) in [5.74, 6) is 1.20. The van der Waals surface area contributed by atoms with Crippen LogP contribution in [0.4, 0.5) is 11.5 Å². The van der Waals surface area contributed by atoms with Gasteiger partial charge < -0.3 is 20.2 Å². The second kappa shape index (κ2) is 6.05. The maximum atomic E-state index is 11.7. The number of aryl methyl sites for hydroxylation is 1. The zero-order valence-electron chi connectivity index (χ0n) is 11.3. The molecule has 2 rings (SSSR count). The summed E-state index contributed by atoms with van der Waals surface area (Å²) in [5, 5.41) is 2.99. The van der Waals surface area contributed by atoms with Gasteiger partial charge in [0.15, 0.2) is 0 Å². The first-order chi connectivity index (χ1) is 9.63. The van der Waals surface area contributed by atoms with Crippen LogP contribution in [-0.2, 0) is 17.7 Å². The summed E-state index contributed by atoms with van der Waals surface area (Å²) >= 11 is 0. The standard InChI is InChI=1S/C13H16N4O3/c1-3-9-6-15-11(20-9)7-17-12-10(13(18)19-2)4-8(14)5-16-12/h4-6H,3,7,14H2,1-2H3,(H,16,17). The minimum absolute atomic E-state index is 0.273. The van der Waals surface area contributed by atoms with Crippen LogP contribution in [0.1, 0.15) is 28.9 Å². The maximum Gasteiger partial charge on any atom is 0.341 e. The Morgan fingerprint density at radius 3 is 2.90 bits per heavy atom. The number of carbonyl (C=O) groups is 1. The molecule has 2 aromatic rings. The SMILES string of the molecule is CCc1cnc(CNc2ncc(N)cc2C(=O)OC)o1. The first-order valence-electron chi connectivity index (χ1n) is 6.15. The second-order valence-electron chi connectivity index (χ2n) is 4.08. The topological polar surface area (TPSA) is 103 Å². The van der Waals surface area contributed by atoms with Crippen molar-refractivity contribution in [2.75, 3.05) is 18.2 Å². The van der Waals surface area contributed by atoms with E-state index in [2.05, 4.69) is 15.3 Å². The van der Waals surface area contributed by atoms with E-state index in [9.17, 15) is 4.79 Å². The van der Waals surface area contributed by atoms with E-state index in [1.54, 1.807) is 6.20 Å². The molecule has 0 spiro atoms. The molecule has 7 heteroatoms. The molecule has 0 aliphatic carbocycles. The number of methoxy groups -OCH3 is 1. The zero-order valence-corrected chi connectivity index (χ0v) is 11.3. The van der Waals surface area contributed by atoms with Gasteiger partial charge in [0.1, 0.15) is 17.1 Å². The van der Waals surface area contributed by atoms with Crippen LogP contribution in [0.15, 0.2) is 22.9 Å². The van der Waals surface area contributed by atoms with Gasteiger partial charge in [-0.05, 0) is 6.07 Å².